The van der Waals surface area contributed by atoms with Crippen molar-refractivity contribution in [2.45, 2.75) is 0 Å². The van der Waals surface area contributed by atoms with E-state index in [1.165, 1.54) is 17.4 Å². The van der Waals surface area contributed by atoms with Gasteiger partial charge in [0.25, 0.3) is 11.8 Å². The standard InChI is InChI=1S/C18H12FIN2O2S/c19-14-10-11(3-8-15(14)20)17(23)21-12-4-6-13(7-5-12)22-18(24)16-2-1-9-25-16/h1-10H,(H,21,23)(H,22,24). The molecule has 126 valence electrons. The van der Waals surface area contributed by atoms with Crippen molar-refractivity contribution in [3.05, 3.63) is 79.8 Å². The lowest BCUT2D eigenvalue weighted by Gasteiger charge is -2.08. The van der Waals surface area contributed by atoms with Gasteiger partial charge in [0.2, 0.25) is 0 Å². The summed E-state index contributed by atoms with van der Waals surface area (Å²) in [5, 5.41) is 7.31. The van der Waals surface area contributed by atoms with Crippen molar-refractivity contribution in [1.29, 1.82) is 0 Å². The maximum atomic E-state index is 13.5. The van der Waals surface area contributed by atoms with E-state index in [4.69, 9.17) is 0 Å². The summed E-state index contributed by atoms with van der Waals surface area (Å²) in [4.78, 5) is 24.7. The number of amides is 2. The molecule has 0 aliphatic carbocycles. The predicted molar refractivity (Wildman–Crippen MR) is 106 cm³/mol. The number of anilines is 2. The zero-order valence-electron chi connectivity index (χ0n) is 12.8. The fraction of sp³-hybridized carbons (Fsp3) is 0. The molecule has 0 aliphatic rings. The number of nitrogens with one attached hydrogen (secondary N) is 2. The Hall–Kier alpha value is -2.26. The molecule has 0 radical (unpaired) electrons. The number of rotatable bonds is 4. The predicted octanol–water partition coefficient (Wildman–Crippen LogP) is 5.00. The van der Waals surface area contributed by atoms with Crippen molar-refractivity contribution in [1.82, 2.24) is 0 Å². The number of carbonyl (C=O) groups is 2. The molecule has 0 saturated heterocycles. The van der Waals surface area contributed by atoms with Gasteiger partial charge < -0.3 is 10.6 Å². The zero-order valence-corrected chi connectivity index (χ0v) is 15.7. The van der Waals surface area contributed by atoms with Crippen LogP contribution in [-0.4, -0.2) is 11.8 Å². The first-order valence-corrected chi connectivity index (χ1v) is 9.20. The first kappa shape index (κ1) is 17.6. The van der Waals surface area contributed by atoms with Crippen LogP contribution in [0.1, 0.15) is 20.0 Å². The Balaban J connectivity index is 1.65. The van der Waals surface area contributed by atoms with Crippen LogP contribution in [0.25, 0.3) is 0 Å². The lowest BCUT2D eigenvalue weighted by atomic mass is 10.2. The summed E-state index contributed by atoms with van der Waals surface area (Å²) in [7, 11) is 0. The van der Waals surface area contributed by atoms with Crippen LogP contribution in [-0.2, 0) is 0 Å². The van der Waals surface area contributed by atoms with Gasteiger partial charge in [0.1, 0.15) is 5.82 Å². The van der Waals surface area contributed by atoms with Gasteiger partial charge in [-0.2, -0.15) is 0 Å². The van der Waals surface area contributed by atoms with Crippen LogP contribution in [0.5, 0.6) is 0 Å². The second-order valence-corrected chi connectivity index (χ2v) is 7.20. The van der Waals surface area contributed by atoms with Gasteiger partial charge in [-0.15, -0.1) is 11.3 Å². The Morgan fingerprint density at radius 1 is 0.920 bits per heavy atom. The smallest absolute Gasteiger partial charge is 0.265 e. The van der Waals surface area contributed by atoms with E-state index in [1.807, 2.05) is 34.0 Å². The number of thiophene rings is 1. The average Bonchev–Trinajstić information content (AvgIpc) is 3.14. The summed E-state index contributed by atoms with van der Waals surface area (Å²) < 4.78 is 14.0. The molecule has 4 nitrogen and oxygen atoms in total. The first-order chi connectivity index (χ1) is 12.0. The van der Waals surface area contributed by atoms with Crippen LogP contribution in [0.3, 0.4) is 0 Å². The molecule has 0 spiro atoms. The second-order valence-electron chi connectivity index (χ2n) is 5.09. The van der Waals surface area contributed by atoms with E-state index >= 15 is 0 Å². The fourth-order valence-corrected chi connectivity index (χ4v) is 3.03. The van der Waals surface area contributed by atoms with Gasteiger partial charge in [-0.05, 0) is 76.5 Å². The largest absolute Gasteiger partial charge is 0.322 e. The third-order valence-corrected chi connectivity index (χ3v) is 5.07. The Kier molecular flexibility index (Phi) is 5.44. The summed E-state index contributed by atoms with van der Waals surface area (Å²) >= 11 is 3.23. The van der Waals surface area contributed by atoms with E-state index in [9.17, 15) is 14.0 Å². The second kappa shape index (κ2) is 7.75. The van der Waals surface area contributed by atoms with Gasteiger partial charge in [0, 0.05) is 20.5 Å². The Morgan fingerprint density at radius 3 is 2.12 bits per heavy atom. The van der Waals surface area contributed by atoms with Crippen molar-refractivity contribution in [2.24, 2.45) is 0 Å². The number of hydrogen-bond acceptors (Lipinski definition) is 3. The molecule has 25 heavy (non-hydrogen) atoms. The maximum Gasteiger partial charge on any atom is 0.265 e. The van der Waals surface area contributed by atoms with Gasteiger partial charge in [-0.25, -0.2) is 4.39 Å². The van der Waals surface area contributed by atoms with Crippen LogP contribution in [0.4, 0.5) is 15.8 Å². The van der Waals surface area contributed by atoms with E-state index in [1.54, 1.807) is 42.5 Å². The summed E-state index contributed by atoms with van der Waals surface area (Å²) in [5.41, 5.74) is 1.42. The van der Waals surface area contributed by atoms with Gasteiger partial charge in [-0.3, -0.25) is 9.59 Å². The summed E-state index contributed by atoms with van der Waals surface area (Å²) in [6, 6.07) is 14.6. The molecule has 0 saturated carbocycles. The fourth-order valence-electron chi connectivity index (χ4n) is 2.08. The number of hydrogen-bond donors (Lipinski definition) is 2. The molecule has 0 aliphatic heterocycles. The zero-order chi connectivity index (χ0) is 17.8. The van der Waals surface area contributed by atoms with Crippen molar-refractivity contribution < 1.29 is 14.0 Å². The third-order valence-electron chi connectivity index (χ3n) is 3.33. The van der Waals surface area contributed by atoms with Crippen molar-refractivity contribution in [3.63, 3.8) is 0 Å². The highest BCUT2D eigenvalue weighted by Crippen LogP contribution is 2.18. The Labute approximate surface area is 161 Å². The summed E-state index contributed by atoms with van der Waals surface area (Å²) in [6.07, 6.45) is 0. The molecule has 1 heterocycles. The molecule has 3 aromatic rings. The summed E-state index contributed by atoms with van der Waals surface area (Å²) in [6.45, 7) is 0. The van der Waals surface area contributed by atoms with Crippen molar-refractivity contribution in [2.75, 3.05) is 10.6 Å². The van der Waals surface area contributed by atoms with E-state index in [0.29, 0.717) is 19.8 Å². The quantitative estimate of drug-likeness (QED) is 0.532. The number of benzene rings is 2. The Morgan fingerprint density at radius 2 is 1.56 bits per heavy atom. The SMILES string of the molecule is O=C(Nc1ccc(NC(=O)c2cccs2)cc1)c1ccc(I)c(F)c1. The van der Waals surface area contributed by atoms with E-state index in [-0.39, 0.29) is 11.5 Å². The minimum atomic E-state index is -0.431. The molecule has 1 aromatic heterocycles. The highest BCUT2D eigenvalue weighted by Gasteiger charge is 2.10. The van der Waals surface area contributed by atoms with Gasteiger partial charge >= 0.3 is 0 Å². The third kappa shape index (κ3) is 4.43. The van der Waals surface area contributed by atoms with Crippen LogP contribution in [0.15, 0.2) is 60.0 Å². The Bertz CT molecular complexity index is 911. The highest BCUT2D eigenvalue weighted by atomic mass is 127. The van der Waals surface area contributed by atoms with Crippen LogP contribution in [0.2, 0.25) is 0 Å². The molecule has 0 fully saturated rings. The summed E-state index contributed by atoms with van der Waals surface area (Å²) in [5.74, 6) is -1.01. The number of halogens is 2. The minimum absolute atomic E-state index is 0.179. The van der Waals surface area contributed by atoms with E-state index in [0.717, 1.165) is 0 Å². The molecular weight excluding hydrogens is 454 g/mol. The van der Waals surface area contributed by atoms with Gasteiger partial charge in [0.15, 0.2) is 0 Å². The van der Waals surface area contributed by atoms with Crippen LogP contribution < -0.4 is 10.6 Å². The van der Waals surface area contributed by atoms with Crippen molar-refractivity contribution in [3.8, 4) is 0 Å². The average molecular weight is 466 g/mol. The van der Waals surface area contributed by atoms with E-state index in [2.05, 4.69) is 10.6 Å². The van der Waals surface area contributed by atoms with Crippen LogP contribution in [0, 0.1) is 9.39 Å². The normalized spacial score (nSPS) is 10.3. The monoisotopic (exact) mass is 466 g/mol. The molecule has 2 N–H and O–H groups in total. The molecule has 0 unspecified atom stereocenters. The molecule has 2 amide bonds. The topological polar surface area (TPSA) is 58.2 Å². The molecule has 2 aromatic carbocycles. The minimum Gasteiger partial charge on any atom is -0.322 e. The van der Waals surface area contributed by atoms with Gasteiger partial charge in [0.05, 0.1) is 4.88 Å². The molecule has 7 heteroatoms. The first-order valence-electron chi connectivity index (χ1n) is 7.24. The molecule has 0 bridgehead atoms. The molecule has 0 atom stereocenters. The van der Waals surface area contributed by atoms with Crippen LogP contribution >= 0.6 is 33.9 Å². The molecule has 3 rings (SSSR count). The lowest BCUT2D eigenvalue weighted by Crippen LogP contribution is -2.13. The molecular formula is C18H12FIN2O2S. The maximum absolute atomic E-state index is 13.5. The lowest BCUT2D eigenvalue weighted by molar-refractivity contribution is 0.102. The van der Waals surface area contributed by atoms with E-state index < -0.39 is 11.7 Å². The highest BCUT2D eigenvalue weighted by molar-refractivity contribution is 14.1. The van der Waals surface area contributed by atoms with Crippen molar-refractivity contribution >= 4 is 57.1 Å². The number of carbonyl (C=O) groups excluding carboxylic acids is 2. The van der Waals surface area contributed by atoms with Gasteiger partial charge in [-0.1, -0.05) is 6.07 Å².